The molecule has 0 saturated carbocycles. The molecule has 132 valence electrons. The van der Waals surface area contributed by atoms with Crippen LogP contribution in [0.25, 0.3) is 10.8 Å². The largest absolute Gasteiger partial charge is 0.399 e. The minimum atomic E-state index is -3.73. The fraction of sp³-hybridized carbons (Fsp3) is 0. The second-order valence-corrected chi connectivity index (χ2v) is 9.05. The Morgan fingerprint density at radius 1 is 0.840 bits per heavy atom. The van der Waals surface area contributed by atoms with Crippen molar-refractivity contribution in [2.24, 2.45) is 5.14 Å². The van der Waals surface area contributed by atoms with Crippen molar-refractivity contribution in [1.29, 1.82) is 0 Å². The van der Waals surface area contributed by atoms with E-state index in [2.05, 4.69) is 59.9 Å². The van der Waals surface area contributed by atoms with E-state index >= 15 is 0 Å². The van der Waals surface area contributed by atoms with Crippen LogP contribution in [0.4, 0.5) is 11.4 Å². The zero-order chi connectivity index (χ0) is 18.8. The van der Waals surface area contributed by atoms with Crippen LogP contribution in [-0.2, 0) is 10.0 Å². The Morgan fingerprint density at radius 2 is 1.40 bits per heavy atom. The van der Waals surface area contributed by atoms with Gasteiger partial charge < -0.3 is 11.5 Å². The first kappa shape index (κ1) is 20.2. The SMILES string of the molecule is Nc1cc(Br)c(S(N)(=O)=O)c(Br)c1.Nc1ccc2ccccc2c1Br. The van der Waals surface area contributed by atoms with Crippen LogP contribution in [0.5, 0.6) is 0 Å². The van der Waals surface area contributed by atoms with Gasteiger partial charge in [-0.05, 0) is 76.8 Å². The van der Waals surface area contributed by atoms with Crippen LogP contribution < -0.4 is 16.6 Å². The molecule has 5 nitrogen and oxygen atoms in total. The number of fused-ring (bicyclic) bond motifs is 1. The third-order valence-electron chi connectivity index (χ3n) is 3.20. The molecule has 0 aromatic heterocycles. The predicted octanol–water partition coefficient (Wildman–Crippen LogP) is 4.63. The van der Waals surface area contributed by atoms with Gasteiger partial charge in [0.2, 0.25) is 10.0 Å². The first-order valence-electron chi connectivity index (χ1n) is 6.81. The minimum absolute atomic E-state index is 0.00157. The third kappa shape index (κ3) is 4.95. The van der Waals surface area contributed by atoms with Crippen LogP contribution in [-0.4, -0.2) is 8.42 Å². The average Bonchev–Trinajstić information content (AvgIpc) is 2.49. The van der Waals surface area contributed by atoms with E-state index < -0.39 is 10.0 Å². The molecule has 25 heavy (non-hydrogen) atoms. The maximum Gasteiger partial charge on any atom is 0.240 e. The van der Waals surface area contributed by atoms with E-state index in [-0.39, 0.29) is 4.90 Å². The van der Waals surface area contributed by atoms with Crippen molar-refractivity contribution in [2.45, 2.75) is 4.90 Å². The van der Waals surface area contributed by atoms with Gasteiger partial charge in [-0.25, -0.2) is 13.6 Å². The van der Waals surface area contributed by atoms with Crippen molar-refractivity contribution in [2.75, 3.05) is 11.5 Å². The molecule has 0 fully saturated rings. The van der Waals surface area contributed by atoms with Gasteiger partial charge in [0.15, 0.2) is 0 Å². The third-order valence-corrected chi connectivity index (χ3v) is 6.87. The summed E-state index contributed by atoms with van der Waals surface area (Å²) < 4.78 is 23.8. The van der Waals surface area contributed by atoms with Crippen LogP contribution in [0.3, 0.4) is 0 Å². The molecule has 0 aliphatic rings. The van der Waals surface area contributed by atoms with E-state index in [0.717, 1.165) is 15.5 Å². The van der Waals surface area contributed by atoms with E-state index in [4.69, 9.17) is 16.6 Å². The average molecular weight is 552 g/mol. The van der Waals surface area contributed by atoms with Crippen molar-refractivity contribution in [3.05, 3.63) is 61.9 Å². The summed E-state index contributed by atoms with van der Waals surface area (Å²) in [4.78, 5) is 0.00157. The van der Waals surface area contributed by atoms with Crippen LogP contribution >= 0.6 is 47.8 Å². The van der Waals surface area contributed by atoms with Gasteiger partial charge in [-0.2, -0.15) is 0 Å². The molecule has 9 heteroatoms. The molecule has 0 atom stereocenters. The summed E-state index contributed by atoms with van der Waals surface area (Å²) in [6, 6.07) is 15.0. The summed E-state index contributed by atoms with van der Waals surface area (Å²) in [7, 11) is -3.73. The zero-order valence-corrected chi connectivity index (χ0v) is 18.3. The van der Waals surface area contributed by atoms with Gasteiger partial charge in [-0.15, -0.1) is 0 Å². The Bertz CT molecular complexity index is 1020. The normalized spacial score (nSPS) is 11.0. The molecule has 3 aromatic carbocycles. The Labute approximate surface area is 171 Å². The van der Waals surface area contributed by atoms with Crippen molar-refractivity contribution >= 4 is 80.0 Å². The number of benzene rings is 3. The van der Waals surface area contributed by atoms with Crippen molar-refractivity contribution < 1.29 is 8.42 Å². The van der Waals surface area contributed by atoms with Gasteiger partial charge >= 0.3 is 0 Å². The number of nitrogen functional groups attached to an aromatic ring is 2. The van der Waals surface area contributed by atoms with E-state index in [0.29, 0.717) is 14.6 Å². The maximum atomic E-state index is 11.1. The smallest absolute Gasteiger partial charge is 0.240 e. The Kier molecular flexibility index (Phi) is 6.50. The second-order valence-electron chi connectivity index (χ2n) is 5.05. The Morgan fingerprint density at radius 3 is 1.96 bits per heavy atom. The molecule has 0 radical (unpaired) electrons. The van der Waals surface area contributed by atoms with Gasteiger partial charge in [0, 0.05) is 24.8 Å². The van der Waals surface area contributed by atoms with E-state index in [9.17, 15) is 8.42 Å². The summed E-state index contributed by atoms with van der Waals surface area (Å²) in [5.74, 6) is 0. The highest BCUT2D eigenvalue weighted by molar-refractivity contribution is 9.11. The number of halogens is 3. The monoisotopic (exact) mass is 549 g/mol. The lowest BCUT2D eigenvalue weighted by atomic mass is 10.1. The summed E-state index contributed by atoms with van der Waals surface area (Å²) in [5, 5.41) is 7.35. The van der Waals surface area contributed by atoms with E-state index in [1.54, 1.807) is 0 Å². The van der Waals surface area contributed by atoms with Gasteiger partial charge in [-0.1, -0.05) is 30.3 Å². The molecule has 0 unspecified atom stereocenters. The van der Waals surface area contributed by atoms with Crippen molar-refractivity contribution in [3.63, 3.8) is 0 Å². The fourth-order valence-electron chi connectivity index (χ4n) is 2.10. The number of rotatable bonds is 1. The number of sulfonamides is 1. The molecule has 0 heterocycles. The molecule has 0 spiro atoms. The zero-order valence-electron chi connectivity index (χ0n) is 12.7. The summed E-state index contributed by atoms with van der Waals surface area (Å²) in [5.41, 5.74) is 12.5. The molecule has 0 aliphatic heterocycles. The molecule has 0 amide bonds. The first-order chi connectivity index (χ1) is 11.6. The minimum Gasteiger partial charge on any atom is -0.399 e. The molecule has 0 bridgehead atoms. The topological polar surface area (TPSA) is 112 Å². The van der Waals surface area contributed by atoms with E-state index in [1.165, 1.54) is 17.5 Å². The summed E-state index contributed by atoms with van der Waals surface area (Å²) >= 11 is 9.58. The van der Waals surface area contributed by atoms with Gasteiger partial charge in [0.25, 0.3) is 0 Å². The lowest BCUT2D eigenvalue weighted by molar-refractivity contribution is 0.597. The summed E-state index contributed by atoms with van der Waals surface area (Å²) in [6.45, 7) is 0. The van der Waals surface area contributed by atoms with E-state index in [1.807, 2.05) is 24.3 Å². The van der Waals surface area contributed by atoms with Gasteiger partial charge in [0.1, 0.15) is 4.90 Å². The highest BCUT2D eigenvalue weighted by Gasteiger charge is 2.17. The fourth-order valence-corrected chi connectivity index (χ4v) is 5.83. The second kappa shape index (κ2) is 8.05. The summed E-state index contributed by atoms with van der Waals surface area (Å²) in [6.07, 6.45) is 0. The van der Waals surface area contributed by atoms with Crippen molar-refractivity contribution in [3.8, 4) is 0 Å². The van der Waals surface area contributed by atoms with Crippen LogP contribution in [0.2, 0.25) is 0 Å². The van der Waals surface area contributed by atoms with Crippen molar-refractivity contribution in [1.82, 2.24) is 0 Å². The Balaban J connectivity index is 0.000000181. The number of hydrogen-bond acceptors (Lipinski definition) is 4. The molecule has 0 aliphatic carbocycles. The van der Waals surface area contributed by atoms with Crippen LogP contribution in [0.1, 0.15) is 0 Å². The number of nitrogens with two attached hydrogens (primary N) is 3. The molecule has 6 N–H and O–H groups in total. The lowest BCUT2D eigenvalue weighted by Gasteiger charge is -2.05. The molecular formula is C16H14Br3N3O2S. The molecule has 3 rings (SSSR count). The Hall–Kier alpha value is -1.13. The molecule has 3 aromatic rings. The predicted molar refractivity (Wildman–Crippen MR) is 114 cm³/mol. The van der Waals surface area contributed by atoms with Gasteiger partial charge in [-0.3, -0.25) is 0 Å². The number of anilines is 2. The quantitative estimate of drug-likeness (QED) is 0.383. The highest BCUT2D eigenvalue weighted by atomic mass is 79.9. The molecular weight excluding hydrogens is 538 g/mol. The highest BCUT2D eigenvalue weighted by Crippen LogP contribution is 2.31. The standard InChI is InChI=1S/C10H8BrN.C6H6Br2N2O2S/c11-10-8-4-2-1-3-7(8)5-6-9(10)12;7-4-1-3(9)2-5(8)6(4)13(10,11)12/h1-6H,12H2;1-2H,9H2,(H2,10,11,12). The number of primary sulfonamides is 1. The first-order valence-corrected chi connectivity index (χ1v) is 10.7. The molecule has 0 saturated heterocycles. The van der Waals surface area contributed by atoms with Crippen LogP contribution in [0, 0.1) is 0 Å². The number of hydrogen-bond donors (Lipinski definition) is 3. The maximum absolute atomic E-state index is 11.1. The van der Waals surface area contributed by atoms with Crippen LogP contribution in [0.15, 0.2) is 66.8 Å². The lowest BCUT2D eigenvalue weighted by Crippen LogP contribution is -2.13. The van der Waals surface area contributed by atoms with Gasteiger partial charge in [0.05, 0.1) is 0 Å².